The first-order chi connectivity index (χ1) is 6.18. The van der Waals surface area contributed by atoms with Crippen molar-refractivity contribution in [2.75, 3.05) is 0 Å². The smallest absolute Gasteiger partial charge is 0.335 e. The first-order valence-electron chi connectivity index (χ1n) is 3.62. The Labute approximate surface area is 77.9 Å². The average Bonchev–Trinajstić information content (AvgIpc) is 2.47. The van der Waals surface area contributed by atoms with Crippen LogP contribution in [-0.2, 0) is 0 Å². The van der Waals surface area contributed by atoms with Gasteiger partial charge in [0.1, 0.15) is 5.75 Å². The Morgan fingerprint density at radius 3 is 2.85 bits per heavy atom. The van der Waals surface area contributed by atoms with Gasteiger partial charge in [0.05, 0.1) is 5.56 Å². The van der Waals surface area contributed by atoms with Crippen LogP contribution in [0.15, 0.2) is 23.6 Å². The lowest BCUT2D eigenvalue weighted by Crippen LogP contribution is -1.94. The van der Waals surface area contributed by atoms with Crippen LogP contribution in [0.3, 0.4) is 0 Å². The van der Waals surface area contributed by atoms with Crippen molar-refractivity contribution in [3.05, 3.63) is 29.1 Å². The molecule has 0 atom stereocenters. The predicted octanol–water partition coefficient (Wildman–Crippen LogP) is 2.31. The molecule has 2 N–H and O–H groups in total. The summed E-state index contributed by atoms with van der Waals surface area (Å²) in [6.07, 6.45) is 0. The summed E-state index contributed by atoms with van der Waals surface area (Å²) < 4.78 is 0.789. The zero-order valence-corrected chi connectivity index (χ0v) is 7.34. The van der Waals surface area contributed by atoms with E-state index in [2.05, 4.69) is 0 Å². The molecule has 0 fully saturated rings. The molecule has 0 amide bonds. The highest BCUT2D eigenvalue weighted by Crippen LogP contribution is 2.31. The number of hydrogen-bond donors (Lipinski definition) is 2. The van der Waals surface area contributed by atoms with E-state index >= 15 is 0 Å². The average molecular weight is 194 g/mol. The van der Waals surface area contributed by atoms with Crippen molar-refractivity contribution >= 4 is 27.4 Å². The van der Waals surface area contributed by atoms with E-state index in [9.17, 15) is 9.90 Å². The lowest BCUT2D eigenvalue weighted by atomic mass is 10.2. The Balaban J connectivity index is 2.70. The molecule has 3 nitrogen and oxygen atoms in total. The zero-order chi connectivity index (χ0) is 9.42. The summed E-state index contributed by atoms with van der Waals surface area (Å²) in [4.78, 5) is 10.6. The number of carboxylic acids is 1. The van der Waals surface area contributed by atoms with E-state index in [0.717, 1.165) is 4.70 Å². The number of thiophene rings is 1. The van der Waals surface area contributed by atoms with Crippen LogP contribution in [-0.4, -0.2) is 16.2 Å². The highest BCUT2D eigenvalue weighted by atomic mass is 32.1. The monoisotopic (exact) mass is 194 g/mol. The summed E-state index contributed by atoms with van der Waals surface area (Å²) in [6.45, 7) is 0. The third-order valence-corrected chi connectivity index (χ3v) is 2.73. The highest BCUT2D eigenvalue weighted by Gasteiger charge is 2.06. The van der Waals surface area contributed by atoms with Crippen LogP contribution in [0.4, 0.5) is 0 Å². The number of benzene rings is 1. The topological polar surface area (TPSA) is 57.5 Å². The minimum Gasteiger partial charge on any atom is -0.506 e. The fourth-order valence-electron chi connectivity index (χ4n) is 1.15. The maximum Gasteiger partial charge on any atom is 0.335 e. The maximum absolute atomic E-state index is 10.6. The molecule has 13 heavy (non-hydrogen) atoms. The SMILES string of the molecule is O=C(O)c1ccc2c(O)csc2c1. The van der Waals surface area contributed by atoms with Crippen molar-refractivity contribution in [2.45, 2.75) is 0 Å². The van der Waals surface area contributed by atoms with E-state index in [1.165, 1.54) is 17.4 Å². The largest absolute Gasteiger partial charge is 0.506 e. The van der Waals surface area contributed by atoms with Gasteiger partial charge in [-0.2, -0.15) is 0 Å². The van der Waals surface area contributed by atoms with Gasteiger partial charge in [0.25, 0.3) is 0 Å². The molecule has 2 rings (SSSR count). The van der Waals surface area contributed by atoms with E-state index < -0.39 is 5.97 Å². The molecule has 1 heterocycles. The summed E-state index contributed by atoms with van der Waals surface area (Å²) >= 11 is 1.33. The van der Waals surface area contributed by atoms with Gasteiger partial charge in [0.2, 0.25) is 0 Å². The van der Waals surface area contributed by atoms with Gasteiger partial charge in [-0.05, 0) is 18.2 Å². The van der Waals surface area contributed by atoms with Gasteiger partial charge in [-0.25, -0.2) is 4.79 Å². The number of carbonyl (C=O) groups is 1. The fourth-order valence-corrected chi connectivity index (χ4v) is 2.01. The third-order valence-electron chi connectivity index (χ3n) is 1.80. The lowest BCUT2D eigenvalue weighted by Gasteiger charge is -1.94. The van der Waals surface area contributed by atoms with Gasteiger partial charge in [0.15, 0.2) is 0 Å². The number of aromatic hydroxyl groups is 1. The molecule has 66 valence electrons. The molecule has 0 unspecified atom stereocenters. The third kappa shape index (κ3) is 1.25. The van der Waals surface area contributed by atoms with E-state index in [0.29, 0.717) is 5.39 Å². The first-order valence-corrected chi connectivity index (χ1v) is 4.50. The lowest BCUT2D eigenvalue weighted by molar-refractivity contribution is 0.0697. The molecule has 4 heteroatoms. The molecule has 0 bridgehead atoms. The summed E-state index contributed by atoms with van der Waals surface area (Å²) in [5, 5.41) is 20.3. The maximum atomic E-state index is 10.6. The minimum atomic E-state index is -0.949. The molecule has 1 aromatic heterocycles. The van der Waals surface area contributed by atoms with Crippen LogP contribution in [0.2, 0.25) is 0 Å². The molecular formula is C9H6O3S. The van der Waals surface area contributed by atoms with Crippen LogP contribution in [0, 0.1) is 0 Å². The van der Waals surface area contributed by atoms with Crippen molar-refractivity contribution in [1.82, 2.24) is 0 Å². The molecule has 0 radical (unpaired) electrons. The number of carboxylic acid groups (broad SMARTS) is 1. The van der Waals surface area contributed by atoms with Crippen molar-refractivity contribution in [1.29, 1.82) is 0 Å². The molecule has 0 spiro atoms. The number of rotatable bonds is 1. The summed E-state index contributed by atoms with van der Waals surface area (Å²) in [5.74, 6) is -0.744. The van der Waals surface area contributed by atoms with Gasteiger partial charge in [-0.1, -0.05) is 0 Å². The standard InChI is InChI=1S/C9H6O3S/c10-7-4-13-8-3-5(9(11)12)1-2-6(7)8/h1-4,10H,(H,11,12). The Kier molecular flexibility index (Phi) is 1.70. The van der Waals surface area contributed by atoms with Crippen molar-refractivity contribution in [3.8, 4) is 5.75 Å². The minimum absolute atomic E-state index is 0.205. The van der Waals surface area contributed by atoms with Gasteiger partial charge >= 0.3 is 5.97 Å². The summed E-state index contributed by atoms with van der Waals surface area (Å²) in [7, 11) is 0. The fraction of sp³-hybridized carbons (Fsp3) is 0. The zero-order valence-electron chi connectivity index (χ0n) is 6.52. The normalized spacial score (nSPS) is 10.5. The van der Waals surface area contributed by atoms with Crippen LogP contribution >= 0.6 is 11.3 Å². The summed E-state index contributed by atoms with van der Waals surface area (Å²) in [5.41, 5.74) is 0.245. The Morgan fingerprint density at radius 1 is 1.38 bits per heavy atom. The van der Waals surface area contributed by atoms with Crippen LogP contribution < -0.4 is 0 Å². The number of hydrogen-bond acceptors (Lipinski definition) is 3. The van der Waals surface area contributed by atoms with Gasteiger partial charge in [0, 0.05) is 15.5 Å². The Morgan fingerprint density at radius 2 is 2.15 bits per heavy atom. The molecular weight excluding hydrogens is 188 g/mol. The van der Waals surface area contributed by atoms with E-state index in [-0.39, 0.29) is 11.3 Å². The van der Waals surface area contributed by atoms with Crippen molar-refractivity contribution < 1.29 is 15.0 Å². The van der Waals surface area contributed by atoms with Crippen LogP contribution in [0.1, 0.15) is 10.4 Å². The highest BCUT2D eigenvalue weighted by molar-refractivity contribution is 7.17. The molecule has 0 aliphatic heterocycles. The number of fused-ring (bicyclic) bond motifs is 1. The van der Waals surface area contributed by atoms with E-state index in [4.69, 9.17) is 5.11 Å². The second kappa shape index (κ2) is 2.74. The van der Waals surface area contributed by atoms with Gasteiger partial charge in [-0.15, -0.1) is 11.3 Å². The molecule has 0 aliphatic rings. The van der Waals surface area contributed by atoms with E-state index in [1.54, 1.807) is 17.5 Å². The molecule has 1 aromatic carbocycles. The molecule has 0 saturated heterocycles. The second-order valence-corrected chi connectivity index (χ2v) is 3.55. The predicted molar refractivity (Wildman–Crippen MR) is 50.4 cm³/mol. The quantitative estimate of drug-likeness (QED) is 0.732. The molecule has 0 saturated carbocycles. The van der Waals surface area contributed by atoms with Crippen molar-refractivity contribution in [2.24, 2.45) is 0 Å². The van der Waals surface area contributed by atoms with Gasteiger partial charge < -0.3 is 10.2 Å². The Hall–Kier alpha value is -1.55. The Bertz CT molecular complexity index is 473. The van der Waals surface area contributed by atoms with E-state index in [1.807, 2.05) is 0 Å². The first kappa shape index (κ1) is 8.07. The van der Waals surface area contributed by atoms with Gasteiger partial charge in [-0.3, -0.25) is 0 Å². The second-order valence-electron chi connectivity index (χ2n) is 2.64. The van der Waals surface area contributed by atoms with Crippen LogP contribution in [0.5, 0.6) is 5.75 Å². The molecule has 0 aliphatic carbocycles. The summed E-state index contributed by atoms with van der Waals surface area (Å²) in [6, 6.07) is 4.66. The van der Waals surface area contributed by atoms with Crippen LogP contribution in [0.25, 0.3) is 10.1 Å². The van der Waals surface area contributed by atoms with Crippen molar-refractivity contribution in [3.63, 3.8) is 0 Å². The number of aromatic carboxylic acids is 1. The molecule has 2 aromatic rings.